The van der Waals surface area contributed by atoms with Gasteiger partial charge in [0.2, 0.25) is 0 Å². The second-order valence-electron chi connectivity index (χ2n) is 16.2. The molecule has 42 heavy (non-hydrogen) atoms. The number of hydrogen-bond acceptors (Lipinski definition) is 4. The molecule has 7 heteroatoms. The van der Waals surface area contributed by atoms with Crippen LogP contribution in [0.1, 0.15) is 92.4 Å². The van der Waals surface area contributed by atoms with Gasteiger partial charge in [-0.15, -0.1) is 12.5 Å². The Morgan fingerprint density at radius 2 is 1.33 bits per heavy atom. The van der Waals surface area contributed by atoms with E-state index in [2.05, 4.69) is 126 Å². The van der Waals surface area contributed by atoms with E-state index in [1.165, 1.54) is 0 Å². The zero-order valence-electron chi connectivity index (χ0n) is 30.1. The van der Waals surface area contributed by atoms with E-state index in [9.17, 15) is 0 Å². The third-order valence-corrected chi connectivity index (χ3v) is 23.2. The number of rotatable bonds is 13. The van der Waals surface area contributed by atoms with Crippen LogP contribution in [-0.4, -0.2) is 44.8 Å². The van der Waals surface area contributed by atoms with E-state index in [0.29, 0.717) is 13.0 Å². The minimum absolute atomic E-state index is 0.0159. The lowest BCUT2D eigenvalue weighted by Crippen LogP contribution is -2.47. The van der Waals surface area contributed by atoms with Gasteiger partial charge in [-0.3, -0.25) is 0 Å². The molecule has 0 saturated carbocycles. The first kappa shape index (κ1) is 38.9. The minimum Gasteiger partial charge on any atom is -0.496 e. The Morgan fingerprint density at radius 1 is 0.810 bits per heavy atom. The van der Waals surface area contributed by atoms with Crippen molar-refractivity contribution in [2.45, 2.75) is 148 Å². The number of ether oxygens (including phenoxy) is 1. The van der Waals surface area contributed by atoms with Crippen LogP contribution < -0.4 is 4.74 Å². The molecule has 0 radical (unpaired) electrons. The lowest BCUT2D eigenvalue weighted by Gasteiger charge is -2.41. The normalized spacial score (nSPS) is 15.0. The fourth-order valence-electron chi connectivity index (χ4n) is 3.71. The molecular formula is C35H64O4Si3. The fourth-order valence-corrected chi connectivity index (χ4v) is 7.25. The van der Waals surface area contributed by atoms with Crippen molar-refractivity contribution in [1.82, 2.24) is 0 Å². The molecular weight excluding hydrogens is 569 g/mol. The van der Waals surface area contributed by atoms with Crippen molar-refractivity contribution in [3.05, 3.63) is 42.0 Å². The topological polar surface area (TPSA) is 36.9 Å². The highest BCUT2D eigenvalue weighted by atomic mass is 28.4. The van der Waals surface area contributed by atoms with Gasteiger partial charge in [-0.2, -0.15) is 0 Å². The highest BCUT2D eigenvalue weighted by Crippen LogP contribution is 2.42. The number of benzene rings is 1. The van der Waals surface area contributed by atoms with E-state index in [-0.39, 0.29) is 27.3 Å². The molecule has 0 bridgehead atoms. The zero-order chi connectivity index (χ0) is 32.8. The average molecular weight is 633 g/mol. The summed E-state index contributed by atoms with van der Waals surface area (Å²) in [6.07, 6.45) is 3.85. The van der Waals surface area contributed by atoms with Gasteiger partial charge in [-0.05, 0) is 78.9 Å². The Kier molecular flexibility index (Phi) is 13.7. The van der Waals surface area contributed by atoms with E-state index in [0.717, 1.165) is 29.7 Å². The van der Waals surface area contributed by atoms with Crippen LogP contribution in [0.5, 0.6) is 5.75 Å². The van der Waals surface area contributed by atoms with Gasteiger partial charge >= 0.3 is 0 Å². The molecule has 1 aromatic carbocycles. The summed E-state index contributed by atoms with van der Waals surface area (Å²) < 4.78 is 26.3. The monoisotopic (exact) mass is 632 g/mol. The summed E-state index contributed by atoms with van der Waals surface area (Å²) in [5, 5.41) is 0.347. The number of allylic oxidation sites excluding steroid dienone is 1. The standard InChI is InChI=1S/C35H64O4Si3/c1-18-22-29-30(24-21-26-31(29)36-11)32(39-42(16,17)35(8,9)10)25-20-19-23-28(38-41(14,15)34(5,6)7)27-37-40(12,13)33(2,3)4/h18,21,24,26,28,32H,1,19,22-23,27H2,2-17H3/t28-,32+/m1/s1. The predicted octanol–water partition coefficient (Wildman–Crippen LogP) is 10.7. The van der Waals surface area contributed by atoms with Gasteiger partial charge < -0.3 is 18.0 Å². The summed E-state index contributed by atoms with van der Waals surface area (Å²) in [5.74, 6) is 7.93. The zero-order valence-corrected chi connectivity index (χ0v) is 33.1. The molecule has 0 aliphatic rings. The Bertz CT molecular complexity index is 1080. The summed E-state index contributed by atoms with van der Waals surface area (Å²) in [4.78, 5) is 0. The SMILES string of the molecule is C=CCc1c(OC)cccc1[C@H](C#CCC[C@H](CO[Si](C)(C)C(C)(C)C)O[Si](C)(C)C(C)(C)C)O[Si](C)(C)C(C)(C)C. The molecule has 0 aliphatic heterocycles. The molecule has 0 saturated heterocycles. The molecule has 0 aliphatic carbocycles. The molecule has 2 atom stereocenters. The summed E-state index contributed by atoms with van der Waals surface area (Å²) in [5.41, 5.74) is 2.16. The fraction of sp³-hybridized carbons (Fsp3) is 0.714. The summed E-state index contributed by atoms with van der Waals surface area (Å²) >= 11 is 0. The highest BCUT2D eigenvalue weighted by molar-refractivity contribution is 6.75. The molecule has 0 N–H and O–H groups in total. The van der Waals surface area contributed by atoms with Crippen molar-refractivity contribution >= 4 is 25.0 Å². The van der Waals surface area contributed by atoms with Crippen LogP contribution in [0.25, 0.3) is 0 Å². The Balaban J connectivity index is 3.40. The van der Waals surface area contributed by atoms with Crippen LogP contribution in [0.4, 0.5) is 0 Å². The van der Waals surface area contributed by atoms with Gasteiger partial charge in [0.1, 0.15) is 11.9 Å². The van der Waals surface area contributed by atoms with Crippen molar-refractivity contribution in [2.24, 2.45) is 0 Å². The maximum Gasteiger partial charge on any atom is 0.194 e. The summed E-state index contributed by atoms with van der Waals surface area (Å²) in [6, 6.07) is 6.17. The van der Waals surface area contributed by atoms with Gasteiger partial charge in [0.05, 0.1) is 19.8 Å². The van der Waals surface area contributed by atoms with E-state index < -0.39 is 25.0 Å². The van der Waals surface area contributed by atoms with E-state index in [1.54, 1.807) is 7.11 Å². The third kappa shape index (κ3) is 10.8. The Morgan fingerprint density at radius 3 is 1.81 bits per heavy atom. The van der Waals surface area contributed by atoms with Gasteiger partial charge in [0.25, 0.3) is 0 Å². The summed E-state index contributed by atoms with van der Waals surface area (Å²) in [7, 11) is -4.28. The maximum absolute atomic E-state index is 6.97. The van der Waals surface area contributed by atoms with Crippen LogP contribution in [0.2, 0.25) is 54.4 Å². The number of hydrogen-bond donors (Lipinski definition) is 0. The highest BCUT2D eigenvalue weighted by Gasteiger charge is 2.42. The lowest BCUT2D eigenvalue weighted by molar-refractivity contribution is 0.102. The first-order valence-corrected chi connectivity index (χ1v) is 24.4. The van der Waals surface area contributed by atoms with Gasteiger partial charge in [-0.25, -0.2) is 0 Å². The van der Waals surface area contributed by atoms with Crippen LogP contribution >= 0.6 is 0 Å². The van der Waals surface area contributed by atoms with E-state index >= 15 is 0 Å². The number of methoxy groups -OCH3 is 1. The van der Waals surface area contributed by atoms with Crippen molar-refractivity contribution in [2.75, 3.05) is 13.7 Å². The van der Waals surface area contributed by atoms with Crippen LogP contribution in [-0.2, 0) is 19.7 Å². The molecule has 0 amide bonds. The smallest absolute Gasteiger partial charge is 0.194 e. The van der Waals surface area contributed by atoms with Crippen LogP contribution in [0.3, 0.4) is 0 Å². The van der Waals surface area contributed by atoms with Crippen molar-refractivity contribution in [3.8, 4) is 17.6 Å². The van der Waals surface area contributed by atoms with Crippen LogP contribution in [0.15, 0.2) is 30.9 Å². The maximum atomic E-state index is 6.97. The molecule has 0 heterocycles. The largest absolute Gasteiger partial charge is 0.496 e. The third-order valence-electron chi connectivity index (χ3n) is 9.77. The van der Waals surface area contributed by atoms with Crippen molar-refractivity contribution < 1.29 is 18.0 Å². The molecule has 4 nitrogen and oxygen atoms in total. The van der Waals surface area contributed by atoms with Gasteiger partial charge in [0.15, 0.2) is 25.0 Å². The predicted molar refractivity (Wildman–Crippen MR) is 190 cm³/mol. The average Bonchev–Trinajstić information content (AvgIpc) is 2.82. The molecule has 0 spiro atoms. The molecule has 0 fully saturated rings. The van der Waals surface area contributed by atoms with Crippen molar-refractivity contribution in [1.29, 1.82) is 0 Å². The molecule has 0 aromatic heterocycles. The van der Waals surface area contributed by atoms with Gasteiger partial charge in [0, 0.05) is 12.0 Å². The first-order valence-electron chi connectivity index (χ1n) is 15.6. The molecule has 1 rings (SSSR count). The van der Waals surface area contributed by atoms with Gasteiger partial charge in [-0.1, -0.05) is 86.4 Å². The van der Waals surface area contributed by atoms with Crippen LogP contribution in [0, 0.1) is 11.8 Å². The molecule has 1 aromatic rings. The van der Waals surface area contributed by atoms with Crippen molar-refractivity contribution in [3.63, 3.8) is 0 Å². The molecule has 240 valence electrons. The molecule has 0 unspecified atom stereocenters. The minimum atomic E-state index is -2.11. The quantitative estimate of drug-likeness (QED) is 0.123. The second-order valence-corrected chi connectivity index (χ2v) is 30.5. The van der Waals surface area contributed by atoms with E-state index in [1.807, 2.05) is 18.2 Å². The van der Waals surface area contributed by atoms with E-state index in [4.69, 9.17) is 18.0 Å². The summed E-state index contributed by atoms with van der Waals surface area (Å²) in [6.45, 7) is 39.0. The second kappa shape index (κ2) is 14.8. The Hall–Kier alpha value is -1.15. The first-order chi connectivity index (χ1) is 18.9. The lowest BCUT2D eigenvalue weighted by atomic mass is 9.98. The Labute approximate surface area is 263 Å².